The van der Waals surface area contributed by atoms with Gasteiger partial charge in [-0.2, -0.15) is 0 Å². The first-order valence-corrected chi connectivity index (χ1v) is 10.7. The number of nitrogens with zero attached hydrogens (tertiary/aromatic N) is 1. The zero-order valence-corrected chi connectivity index (χ0v) is 18.2. The monoisotopic (exact) mass is 425 g/mol. The Morgan fingerprint density at radius 2 is 1.59 bits per heavy atom. The van der Waals surface area contributed by atoms with Gasteiger partial charge in [0.25, 0.3) is 5.91 Å². The van der Waals surface area contributed by atoms with Gasteiger partial charge in [-0.05, 0) is 78.9 Å². The molecule has 0 bridgehead atoms. The van der Waals surface area contributed by atoms with Crippen molar-refractivity contribution in [2.45, 2.75) is 33.2 Å². The summed E-state index contributed by atoms with van der Waals surface area (Å²) in [7, 11) is 0. The van der Waals surface area contributed by atoms with Crippen LogP contribution in [0.4, 0.5) is 5.69 Å². The second kappa shape index (κ2) is 7.38. The molecule has 5 rings (SSSR count). The molecule has 1 atom stereocenters. The molecule has 0 radical (unpaired) electrons. The first kappa shape index (κ1) is 20.1. The van der Waals surface area contributed by atoms with Gasteiger partial charge in [0.15, 0.2) is 5.43 Å². The average molecular weight is 425 g/mol. The number of aromatic hydroxyl groups is 1. The van der Waals surface area contributed by atoms with E-state index in [-0.39, 0.29) is 22.8 Å². The van der Waals surface area contributed by atoms with Gasteiger partial charge in [0, 0.05) is 5.69 Å². The number of carbonyl (C=O) groups is 1. The van der Waals surface area contributed by atoms with Crippen molar-refractivity contribution < 1.29 is 14.3 Å². The molecule has 1 aliphatic rings. The van der Waals surface area contributed by atoms with Gasteiger partial charge in [0.1, 0.15) is 11.3 Å². The summed E-state index contributed by atoms with van der Waals surface area (Å²) in [6.45, 7) is 5.97. The van der Waals surface area contributed by atoms with Gasteiger partial charge in [0.05, 0.1) is 17.0 Å². The molecular weight excluding hydrogens is 402 g/mol. The smallest absolute Gasteiger partial charge is 0.295 e. The van der Waals surface area contributed by atoms with Crippen molar-refractivity contribution in [2.75, 3.05) is 4.90 Å². The summed E-state index contributed by atoms with van der Waals surface area (Å²) in [5, 5.41) is 10.2. The number of benzene rings is 3. The highest BCUT2D eigenvalue weighted by atomic mass is 16.3. The first-order valence-electron chi connectivity index (χ1n) is 10.7. The van der Waals surface area contributed by atoms with Gasteiger partial charge >= 0.3 is 0 Å². The molecule has 1 aliphatic heterocycles. The quantitative estimate of drug-likeness (QED) is 0.475. The number of hydrogen-bond donors (Lipinski definition) is 1. The number of carbonyl (C=O) groups excluding carboxylic acids is 1. The third-order valence-corrected chi connectivity index (χ3v) is 6.32. The maximum absolute atomic E-state index is 13.7. The predicted molar refractivity (Wildman–Crippen MR) is 125 cm³/mol. The van der Waals surface area contributed by atoms with Crippen LogP contribution in [0.5, 0.6) is 5.75 Å². The van der Waals surface area contributed by atoms with E-state index in [4.69, 9.17) is 4.42 Å². The van der Waals surface area contributed by atoms with Crippen LogP contribution in [0.1, 0.15) is 51.3 Å². The first-order chi connectivity index (χ1) is 15.4. The Labute approximate surface area is 185 Å². The number of fused-ring (bicyclic) bond motifs is 2. The molecule has 160 valence electrons. The van der Waals surface area contributed by atoms with E-state index < -0.39 is 6.04 Å². The third-order valence-electron chi connectivity index (χ3n) is 6.32. The van der Waals surface area contributed by atoms with Crippen molar-refractivity contribution >= 4 is 22.6 Å². The number of phenolic OH excluding ortho intramolecular Hbond substituents is 1. The molecule has 0 aliphatic carbocycles. The lowest BCUT2D eigenvalue weighted by atomic mass is 9.97. The van der Waals surface area contributed by atoms with Gasteiger partial charge in [-0.3, -0.25) is 14.5 Å². The van der Waals surface area contributed by atoms with Crippen molar-refractivity contribution in [1.82, 2.24) is 0 Å². The van der Waals surface area contributed by atoms with E-state index in [2.05, 4.69) is 6.92 Å². The number of aryl methyl sites for hydroxylation is 3. The molecule has 3 aromatic carbocycles. The molecule has 1 amide bonds. The van der Waals surface area contributed by atoms with Crippen molar-refractivity contribution in [3.05, 3.63) is 104 Å². The molecule has 0 spiro atoms. The molecule has 1 aromatic heterocycles. The summed E-state index contributed by atoms with van der Waals surface area (Å²) in [5.74, 6) is -0.156. The maximum Gasteiger partial charge on any atom is 0.295 e. The van der Waals surface area contributed by atoms with E-state index in [0.29, 0.717) is 22.2 Å². The maximum atomic E-state index is 13.7. The Morgan fingerprint density at radius 3 is 2.25 bits per heavy atom. The van der Waals surface area contributed by atoms with Gasteiger partial charge in [-0.25, -0.2) is 0 Å². The highest BCUT2D eigenvalue weighted by Gasteiger charge is 2.43. The minimum absolute atomic E-state index is 0.0726. The molecule has 0 saturated carbocycles. The fourth-order valence-electron chi connectivity index (χ4n) is 4.36. The van der Waals surface area contributed by atoms with E-state index in [1.165, 1.54) is 0 Å². The Hall–Kier alpha value is -3.86. The summed E-state index contributed by atoms with van der Waals surface area (Å²) in [6.07, 6.45) is 0.889. The van der Waals surface area contributed by atoms with E-state index in [9.17, 15) is 14.7 Å². The second-order valence-corrected chi connectivity index (χ2v) is 8.30. The van der Waals surface area contributed by atoms with E-state index in [1.807, 2.05) is 50.2 Å². The molecule has 0 saturated heterocycles. The molecule has 4 aromatic rings. The molecular formula is C27H23NO4. The van der Waals surface area contributed by atoms with Crippen molar-refractivity contribution in [1.29, 1.82) is 0 Å². The Morgan fingerprint density at radius 1 is 0.938 bits per heavy atom. The Kier molecular flexibility index (Phi) is 4.63. The van der Waals surface area contributed by atoms with Crippen LogP contribution in [0.15, 0.2) is 69.9 Å². The van der Waals surface area contributed by atoms with Crippen LogP contribution in [-0.2, 0) is 6.42 Å². The summed E-state index contributed by atoms with van der Waals surface area (Å²) >= 11 is 0. The highest BCUT2D eigenvalue weighted by molar-refractivity contribution is 6.10. The largest absolute Gasteiger partial charge is 0.508 e. The van der Waals surface area contributed by atoms with E-state index in [0.717, 1.165) is 28.7 Å². The number of phenols is 1. The van der Waals surface area contributed by atoms with Crippen molar-refractivity contribution in [3.63, 3.8) is 0 Å². The van der Waals surface area contributed by atoms with Gasteiger partial charge in [-0.15, -0.1) is 0 Å². The summed E-state index contributed by atoms with van der Waals surface area (Å²) in [6, 6.07) is 17.4. The van der Waals surface area contributed by atoms with Gasteiger partial charge < -0.3 is 9.52 Å². The van der Waals surface area contributed by atoms with Crippen LogP contribution in [-0.4, -0.2) is 11.0 Å². The zero-order valence-electron chi connectivity index (χ0n) is 18.2. The van der Waals surface area contributed by atoms with E-state index in [1.54, 1.807) is 29.2 Å². The van der Waals surface area contributed by atoms with Crippen molar-refractivity contribution in [2.24, 2.45) is 0 Å². The number of anilines is 1. The molecule has 1 unspecified atom stereocenters. The van der Waals surface area contributed by atoms with Crippen LogP contribution in [0.25, 0.3) is 11.0 Å². The molecule has 1 N–H and O–H groups in total. The van der Waals surface area contributed by atoms with Gasteiger partial charge in [0.2, 0.25) is 5.76 Å². The number of hydrogen-bond acceptors (Lipinski definition) is 4. The number of rotatable bonds is 3. The van der Waals surface area contributed by atoms with Crippen LogP contribution < -0.4 is 10.3 Å². The fraction of sp³-hybridized carbons (Fsp3) is 0.185. The normalized spacial score (nSPS) is 15.4. The lowest BCUT2D eigenvalue weighted by Crippen LogP contribution is -2.29. The Bertz CT molecular complexity index is 1420. The van der Waals surface area contributed by atoms with Crippen LogP contribution in [0.2, 0.25) is 0 Å². The topological polar surface area (TPSA) is 70.8 Å². The molecule has 2 heterocycles. The lowest BCUT2D eigenvalue weighted by molar-refractivity contribution is 0.0971. The molecule has 5 heteroatoms. The average Bonchev–Trinajstić information content (AvgIpc) is 3.08. The fourth-order valence-corrected chi connectivity index (χ4v) is 4.36. The van der Waals surface area contributed by atoms with E-state index >= 15 is 0 Å². The molecule has 5 nitrogen and oxygen atoms in total. The second-order valence-electron chi connectivity index (χ2n) is 8.30. The zero-order chi connectivity index (χ0) is 22.6. The number of amides is 1. The molecule has 0 fully saturated rings. The lowest BCUT2D eigenvalue weighted by Gasteiger charge is -2.25. The summed E-state index contributed by atoms with van der Waals surface area (Å²) in [5.41, 5.74) is 5.09. The standard InChI is InChI=1S/C27H23NO4/c1-4-17-5-9-19(10-6-17)28-24(18-7-11-20(29)12-8-18)23-25(30)21-13-15(2)16(3)14-22(21)32-26(23)27(28)31/h5-14,24,29H,4H2,1-3H3. The van der Waals surface area contributed by atoms with Crippen molar-refractivity contribution in [3.8, 4) is 5.75 Å². The minimum atomic E-state index is -0.646. The Balaban J connectivity index is 1.79. The van der Waals surface area contributed by atoms with Crippen LogP contribution >= 0.6 is 0 Å². The van der Waals surface area contributed by atoms with Crippen LogP contribution in [0.3, 0.4) is 0 Å². The SMILES string of the molecule is CCc1ccc(N2C(=O)c3oc4cc(C)c(C)cc4c(=O)c3C2c2ccc(O)cc2)cc1. The highest BCUT2D eigenvalue weighted by Crippen LogP contribution is 2.41. The third kappa shape index (κ3) is 3.01. The summed E-state index contributed by atoms with van der Waals surface area (Å²) in [4.78, 5) is 28.9. The van der Waals surface area contributed by atoms with Crippen LogP contribution in [0, 0.1) is 13.8 Å². The molecule has 32 heavy (non-hydrogen) atoms. The minimum Gasteiger partial charge on any atom is -0.508 e. The summed E-state index contributed by atoms with van der Waals surface area (Å²) < 4.78 is 6.06. The predicted octanol–water partition coefficient (Wildman–Crippen LogP) is 5.43. The van der Waals surface area contributed by atoms with Gasteiger partial charge in [-0.1, -0.05) is 31.2 Å².